The number of rotatable bonds is 3. The van der Waals surface area contributed by atoms with Gasteiger partial charge in [-0.2, -0.15) is 48.6 Å². The average Bonchev–Trinajstić information content (AvgIpc) is 2.66. The van der Waals surface area contributed by atoms with Gasteiger partial charge in [-0.05, 0) is 13.8 Å². The van der Waals surface area contributed by atoms with Crippen LogP contribution in [-0.4, -0.2) is 24.4 Å². The molecule has 0 aromatic carbocycles. The summed E-state index contributed by atoms with van der Waals surface area (Å²) in [7, 11) is -6.30. The molecule has 1 heterocycles. The molecule has 0 atom stereocenters. The zero-order valence-corrected chi connectivity index (χ0v) is 11.9. The first-order valence-electron chi connectivity index (χ1n) is 5.51. The second kappa shape index (κ2) is 5.27. The summed E-state index contributed by atoms with van der Waals surface area (Å²) in [5.41, 5.74) is -5.92. The smallest absolute Gasteiger partial charge is 0.248 e. The topological polar surface area (TPSA) is 52.0 Å². The number of nitrogens with zero attached hydrogens (tertiary/aromatic N) is 2. The highest BCUT2D eigenvalue weighted by atomic mass is 32.3. The zero-order chi connectivity index (χ0) is 18.6. The van der Waals surface area contributed by atoms with Crippen LogP contribution in [0.5, 0.6) is 0 Å². The van der Waals surface area contributed by atoms with Gasteiger partial charge < -0.3 is 0 Å². The summed E-state index contributed by atoms with van der Waals surface area (Å²) in [6.07, 6.45) is -12.5. The van der Waals surface area contributed by atoms with Crippen molar-refractivity contribution in [3.05, 3.63) is 11.3 Å². The summed E-state index contributed by atoms with van der Waals surface area (Å²) in [6.45, 7) is 1.83. The van der Waals surface area contributed by atoms with Crippen LogP contribution < -0.4 is 0 Å². The lowest BCUT2D eigenvalue weighted by molar-refractivity contribution is -0.292. The minimum atomic E-state index is -6.50. The molecule has 0 aliphatic rings. The van der Waals surface area contributed by atoms with Crippen LogP contribution in [-0.2, 0) is 22.3 Å². The lowest BCUT2D eigenvalue weighted by Gasteiger charge is -2.19. The van der Waals surface area contributed by atoms with Gasteiger partial charge in [-0.25, -0.2) is 4.68 Å². The van der Waals surface area contributed by atoms with E-state index in [1.54, 1.807) is 0 Å². The van der Waals surface area contributed by atoms with Gasteiger partial charge in [-0.3, -0.25) is 0 Å². The van der Waals surface area contributed by atoms with E-state index < -0.39 is 50.8 Å². The summed E-state index contributed by atoms with van der Waals surface area (Å²) in [4.78, 5) is 0. The normalized spacial score (nSPS) is 14.6. The monoisotopic (exact) mass is 378 g/mol. The van der Waals surface area contributed by atoms with E-state index in [9.17, 15) is 47.4 Å². The molecule has 0 bridgehead atoms. The van der Waals surface area contributed by atoms with Gasteiger partial charge in [0.25, 0.3) is 0 Å². The second-order valence-corrected chi connectivity index (χ2v) is 5.84. The summed E-state index contributed by atoms with van der Waals surface area (Å²) in [6, 6.07) is -1.45. The van der Waals surface area contributed by atoms with Gasteiger partial charge in [0.1, 0.15) is 5.56 Å². The molecule has 23 heavy (non-hydrogen) atoms. The van der Waals surface area contributed by atoms with E-state index in [-0.39, 0.29) is 4.68 Å². The fraction of sp³-hybridized carbons (Fsp3) is 0.667. The zero-order valence-electron chi connectivity index (χ0n) is 11.1. The Bertz CT molecular complexity index is 700. The number of alkyl halides is 8. The molecular formula is C9H7F9N2O2S. The van der Waals surface area contributed by atoms with Gasteiger partial charge in [0.05, 0.1) is 0 Å². The molecule has 134 valence electrons. The standard InChI is InChI=1S/C9H7F9N2O2S/c1-3(2)20-6(23(18,21)22)4(8(12,13)14)5(19-20)7(10,11)9(15,16)17/h3H,1-2H3. The van der Waals surface area contributed by atoms with Crippen molar-refractivity contribution in [3.8, 4) is 0 Å². The van der Waals surface area contributed by atoms with Crippen LogP contribution in [0.1, 0.15) is 31.1 Å². The molecule has 0 spiro atoms. The van der Waals surface area contributed by atoms with Crippen molar-refractivity contribution in [3.63, 3.8) is 0 Å². The summed E-state index contributed by atoms with van der Waals surface area (Å²) < 4.78 is 137. The fourth-order valence-corrected chi connectivity index (χ4v) is 2.54. The summed E-state index contributed by atoms with van der Waals surface area (Å²) in [5, 5.41) is -0.0156. The van der Waals surface area contributed by atoms with Crippen molar-refractivity contribution in [2.24, 2.45) is 0 Å². The van der Waals surface area contributed by atoms with Gasteiger partial charge in [0, 0.05) is 6.04 Å². The molecule has 0 fully saturated rings. The minimum Gasteiger partial charge on any atom is -0.248 e. The Morgan fingerprint density at radius 1 is 1.00 bits per heavy atom. The minimum absolute atomic E-state index is 0.382. The number of aromatic nitrogens is 2. The first kappa shape index (κ1) is 19.6. The number of halogens is 9. The maximum Gasteiger partial charge on any atom is 0.459 e. The highest BCUT2D eigenvalue weighted by Gasteiger charge is 2.64. The van der Waals surface area contributed by atoms with E-state index in [0.29, 0.717) is 0 Å². The van der Waals surface area contributed by atoms with Crippen LogP contribution >= 0.6 is 0 Å². The van der Waals surface area contributed by atoms with E-state index in [2.05, 4.69) is 5.10 Å². The van der Waals surface area contributed by atoms with Gasteiger partial charge >= 0.3 is 28.5 Å². The van der Waals surface area contributed by atoms with E-state index in [0.717, 1.165) is 13.8 Å². The lowest BCUT2D eigenvalue weighted by Crippen LogP contribution is -2.36. The second-order valence-electron chi connectivity index (χ2n) is 4.57. The molecule has 14 heteroatoms. The molecule has 1 rings (SSSR count). The van der Waals surface area contributed by atoms with Gasteiger partial charge in [-0.1, -0.05) is 3.89 Å². The van der Waals surface area contributed by atoms with Crippen LogP contribution in [0, 0.1) is 0 Å². The molecule has 1 aromatic heterocycles. The van der Waals surface area contributed by atoms with Crippen molar-refractivity contribution in [1.29, 1.82) is 0 Å². The van der Waals surface area contributed by atoms with Crippen LogP contribution in [0.2, 0.25) is 0 Å². The maximum atomic E-state index is 13.3. The van der Waals surface area contributed by atoms with Crippen molar-refractivity contribution < 1.29 is 47.4 Å². The lowest BCUT2D eigenvalue weighted by atomic mass is 10.1. The number of hydrogen-bond acceptors (Lipinski definition) is 3. The Morgan fingerprint density at radius 3 is 1.70 bits per heavy atom. The number of hydrogen-bond donors (Lipinski definition) is 0. The molecule has 4 nitrogen and oxygen atoms in total. The molecule has 0 aliphatic heterocycles. The Labute approximate surface area is 123 Å². The Morgan fingerprint density at radius 2 is 1.43 bits per heavy atom. The summed E-state index contributed by atoms with van der Waals surface area (Å²) in [5.74, 6) is -6.14. The largest absolute Gasteiger partial charge is 0.459 e. The molecule has 0 amide bonds. The third-order valence-corrected chi connectivity index (χ3v) is 3.38. The van der Waals surface area contributed by atoms with Crippen molar-refractivity contribution in [2.45, 2.75) is 43.2 Å². The van der Waals surface area contributed by atoms with E-state index in [1.165, 1.54) is 0 Å². The molecule has 0 unspecified atom stereocenters. The van der Waals surface area contributed by atoms with Crippen molar-refractivity contribution >= 4 is 10.2 Å². The first-order valence-corrected chi connectivity index (χ1v) is 6.90. The van der Waals surface area contributed by atoms with Gasteiger partial charge in [0.15, 0.2) is 10.7 Å². The van der Waals surface area contributed by atoms with Crippen molar-refractivity contribution in [2.75, 3.05) is 0 Å². The first-order chi connectivity index (χ1) is 9.92. The van der Waals surface area contributed by atoms with Crippen LogP contribution in [0.3, 0.4) is 0 Å². The van der Waals surface area contributed by atoms with Crippen LogP contribution in [0.4, 0.5) is 39.0 Å². The molecule has 0 saturated heterocycles. The Kier molecular flexibility index (Phi) is 4.49. The third-order valence-electron chi connectivity index (χ3n) is 2.52. The quantitative estimate of drug-likeness (QED) is 0.594. The highest BCUT2D eigenvalue weighted by Crippen LogP contribution is 2.49. The molecule has 0 radical (unpaired) electrons. The SMILES string of the molecule is CC(C)n1nc(C(F)(F)C(F)(F)F)c(C(F)(F)F)c1S(=O)(=O)F. The Hall–Kier alpha value is -1.47. The van der Waals surface area contributed by atoms with Crippen LogP contribution in [0.25, 0.3) is 0 Å². The predicted molar refractivity (Wildman–Crippen MR) is 55.9 cm³/mol. The third kappa shape index (κ3) is 3.40. The predicted octanol–water partition coefficient (Wildman–Crippen LogP) is 3.80. The van der Waals surface area contributed by atoms with Gasteiger partial charge in [-0.15, -0.1) is 0 Å². The van der Waals surface area contributed by atoms with E-state index in [1.807, 2.05) is 0 Å². The average molecular weight is 378 g/mol. The van der Waals surface area contributed by atoms with E-state index >= 15 is 0 Å². The van der Waals surface area contributed by atoms with Gasteiger partial charge in [0.2, 0.25) is 0 Å². The van der Waals surface area contributed by atoms with E-state index in [4.69, 9.17) is 0 Å². The molecule has 1 aromatic rings. The molecule has 0 N–H and O–H groups in total. The van der Waals surface area contributed by atoms with Crippen LogP contribution in [0.15, 0.2) is 5.03 Å². The summed E-state index contributed by atoms with van der Waals surface area (Å²) >= 11 is 0. The molecular weight excluding hydrogens is 371 g/mol. The fourth-order valence-electron chi connectivity index (χ4n) is 1.61. The van der Waals surface area contributed by atoms with Crippen molar-refractivity contribution in [1.82, 2.24) is 9.78 Å². The molecule has 0 saturated carbocycles. The molecule has 0 aliphatic carbocycles. The maximum absolute atomic E-state index is 13.3. The highest BCUT2D eigenvalue weighted by molar-refractivity contribution is 7.86. The Balaban J connectivity index is 4.03.